The number of nitrogens with one attached hydrogen (secondary N) is 2. The molecule has 0 atom stereocenters. The summed E-state index contributed by atoms with van der Waals surface area (Å²) in [6.07, 6.45) is -2.65. The molecule has 2 aliphatic heterocycles. The average molecular weight is 459 g/mol. The summed E-state index contributed by atoms with van der Waals surface area (Å²) in [6, 6.07) is 9.68. The molecule has 0 saturated heterocycles. The van der Waals surface area contributed by atoms with Crippen molar-refractivity contribution in [3.63, 3.8) is 0 Å². The van der Waals surface area contributed by atoms with Crippen molar-refractivity contribution in [1.82, 2.24) is 15.3 Å². The summed E-state index contributed by atoms with van der Waals surface area (Å²) in [5.74, 6) is 1.45. The zero-order valence-electron chi connectivity index (χ0n) is 17.1. The zero-order chi connectivity index (χ0) is 22.1. The van der Waals surface area contributed by atoms with Gasteiger partial charge in [0.15, 0.2) is 11.1 Å². The number of halogens is 3. The second-order valence-corrected chi connectivity index (χ2v) is 8.57. The molecular formula is C22H21F3N6S. The Morgan fingerprint density at radius 2 is 1.97 bits per heavy atom. The van der Waals surface area contributed by atoms with Crippen LogP contribution in [0, 0.1) is 0 Å². The lowest BCUT2D eigenvalue weighted by atomic mass is 9.97. The van der Waals surface area contributed by atoms with Crippen LogP contribution in [0.3, 0.4) is 0 Å². The Kier molecular flexibility index (Phi) is 5.46. The molecule has 0 spiro atoms. The predicted molar refractivity (Wildman–Crippen MR) is 120 cm³/mol. The van der Waals surface area contributed by atoms with E-state index in [1.54, 1.807) is 6.07 Å². The van der Waals surface area contributed by atoms with Crippen LogP contribution in [0.1, 0.15) is 23.1 Å². The third-order valence-corrected chi connectivity index (χ3v) is 6.25. The molecule has 5 rings (SSSR count). The molecule has 0 bridgehead atoms. The molecule has 32 heavy (non-hydrogen) atoms. The zero-order valence-corrected chi connectivity index (χ0v) is 17.9. The monoisotopic (exact) mass is 458 g/mol. The first kappa shape index (κ1) is 20.7. The van der Waals surface area contributed by atoms with Gasteiger partial charge in [0.2, 0.25) is 0 Å². The maximum atomic E-state index is 13.1. The highest BCUT2D eigenvalue weighted by Crippen LogP contribution is 2.33. The van der Waals surface area contributed by atoms with Gasteiger partial charge < -0.3 is 15.5 Å². The number of aliphatic imine (C=N–C) groups is 1. The predicted octanol–water partition coefficient (Wildman–Crippen LogP) is 4.55. The fraction of sp³-hybridized carbons (Fsp3) is 0.318. The molecule has 0 fully saturated rings. The summed E-state index contributed by atoms with van der Waals surface area (Å²) < 4.78 is 39.4. The van der Waals surface area contributed by atoms with E-state index in [2.05, 4.69) is 20.6 Å². The number of rotatable bonds is 3. The van der Waals surface area contributed by atoms with Crippen LogP contribution >= 0.6 is 11.3 Å². The third-order valence-electron chi connectivity index (χ3n) is 5.49. The normalized spacial score (nSPS) is 16.2. The number of anilines is 2. The molecule has 0 unspecified atom stereocenters. The molecular weight excluding hydrogens is 437 g/mol. The minimum atomic E-state index is -4.34. The maximum absolute atomic E-state index is 13.1. The van der Waals surface area contributed by atoms with E-state index >= 15 is 0 Å². The summed E-state index contributed by atoms with van der Waals surface area (Å²) in [5, 5.41) is 9.05. The van der Waals surface area contributed by atoms with E-state index in [0.717, 1.165) is 59.4 Å². The van der Waals surface area contributed by atoms with Crippen LogP contribution in [-0.4, -0.2) is 35.6 Å². The number of hydrogen-bond donors (Lipinski definition) is 2. The molecule has 10 heteroatoms. The Morgan fingerprint density at radius 1 is 1.06 bits per heavy atom. The van der Waals surface area contributed by atoms with Gasteiger partial charge in [0.05, 0.1) is 11.3 Å². The van der Waals surface area contributed by atoms with Crippen molar-refractivity contribution in [3.8, 4) is 11.4 Å². The van der Waals surface area contributed by atoms with Gasteiger partial charge in [-0.3, -0.25) is 4.99 Å². The number of alkyl halides is 3. The number of thiazole rings is 1. The molecule has 0 amide bonds. The van der Waals surface area contributed by atoms with Crippen LogP contribution in [0.2, 0.25) is 0 Å². The van der Waals surface area contributed by atoms with Crippen molar-refractivity contribution in [1.29, 1.82) is 0 Å². The SMILES string of the molecule is FC(F)(F)c1ccc2c(c1)CN(c1cccc(-c3csc(NC4=NCCCN4)n3)n1)CC2. The van der Waals surface area contributed by atoms with Crippen LogP contribution in [-0.2, 0) is 19.1 Å². The van der Waals surface area contributed by atoms with Crippen molar-refractivity contribution in [2.24, 2.45) is 4.99 Å². The molecule has 2 aromatic heterocycles. The van der Waals surface area contributed by atoms with Gasteiger partial charge in [0.25, 0.3) is 0 Å². The Labute approximate surface area is 187 Å². The Balaban J connectivity index is 1.34. The topological polar surface area (TPSA) is 65.4 Å². The Hall–Kier alpha value is -3.14. The molecule has 0 aliphatic carbocycles. The highest BCUT2D eigenvalue weighted by atomic mass is 32.1. The summed E-state index contributed by atoms with van der Waals surface area (Å²) >= 11 is 1.47. The van der Waals surface area contributed by atoms with E-state index in [9.17, 15) is 13.2 Å². The van der Waals surface area contributed by atoms with Gasteiger partial charge in [-0.25, -0.2) is 9.97 Å². The van der Waals surface area contributed by atoms with Gasteiger partial charge >= 0.3 is 6.18 Å². The lowest BCUT2D eigenvalue weighted by molar-refractivity contribution is -0.137. The van der Waals surface area contributed by atoms with Crippen LogP contribution < -0.4 is 15.5 Å². The van der Waals surface area contributed by atoms with Gasteiger partial charge in [0, 0.05) is 31.6 Å². The Morgan fingerprint density at radius 3 is 2.78 bits per heavy atom. The molecule has 2 aliphatic rings. The highest BCUT2D eigenvalue weighted by Gasteiger charge is 2.31. The molecule has 166 valence electrons. The smallest absolute Gasteiger partial charge is 0.356 e. The maximum Gasteiger partial charge on any atom is 0.416 e. The fourth-order valence-corrected chi connectivity index (χ4v) is 4.54. The third kappa shape index (κ3) is 4.40. The van der Waals surface area contributed by atoms with Crippen LogP contribution in [0.25, 0.3) is 11.4 Å². The number of benzene rings is 1. The standard InChI is InChI=1S/C22H21F3N6S/c23-22(24,25)16-6-5-14-7-10-31(12-15(14)11-16)19-4-1-3-17(28-19)18-13-32-21(29-18)30-20-26-8-2-9-27-20/h1,3-6,11,13H,2,7-10,12H2,(H2,26,27,29,30). The summed E-state index contributed by atoms with van der Waals surface area (Å²) in [5.41, 5.74) is 2.51. The van der Waals surface area contributed by atoms with E-state index in [0.29, 0.717) is 25.1 Å². The lowest BCUT2D eigenvalue weighted by Crippen LogP contribution is -2.35. The van der Waals surface area contributed by atoms with Gasteiger partial charge in [-0.05, 0) is 48.2 Å². The Bertz CT molecular complexity index is 1160. The van der Waals surface area contributed by atoms with Crippen molar-refractivity contribution in [3.05, 3.63) is 58.5 Å². The average Bonchev–Trinajstić information content (AvgIpc) is 3.27. The second-order valence-electron chi connectivity index (χ2n) is 7.71. The minimum Gasteiger partial charge on any atom is -0.356 e. The number of pyridine rings is 1. The second kappa shape index (κ2) is 8.42. The van der Waals surface area contributed by atoms with Crippen molar-refractivity contribution >= 4 is 28.2 Å². The van der Waals surface area contributed by atoms with E-state index in [4.69, 9.17) is 4.98 Å². The molecule has 0 saturated carbocycles. The van der Waals surface area contributed by atoms with Crippen LogP contribution in [0.15, 0.2) is 46.8 Å². The lowest BCUT2D eigenvalue weighted by Gasteiger charge is -2.30. The largest absolute Gasteiger partial charge is 0.416 e. The highest BCUT2D eigenvalue weighted by molar-refractivity contribution is 7.14. The van der Waals surface area contributed by atoms with E-state index in [-0.39, 0.29) is 0 Å². The first-order chi connectivity index (χ1) is 15.5. The summed E-state index contributed by atoms with van der Waals surface area (Å²) in [7, 11) is 0. The molecule has 3 aromatic rings. The quantitative estimate of drug-likeness (QED) is 0.603. The van der Waals surface area contributed by atoms with Gasteiger partial charge in [-0.15, -0.1) is 11.3 Å². The van der Waals surface area contributed by atoms with Gasteiger partial charge in [-0.2, -0.15) is 13.2 Å². The summed E-state index contributed by atoms with van der Waals surface area (Å²) in [6.45, 7) is 2.77. The van der Waals surface area contributed by atoms with Gasteiger partial charge in [0.1, 0.15) is 11.5 Å². The number of guanidine groups is 1. The molecule has 4 heterocycles. The number of fused-ring (bicyclic) bond motifs is 1. The molecule has 1 aromatic carbocycles. The number of nitrogens with zero attached hydrogens (tertiary/aromatic N) is 4. The minimum absolute atomic E-state index is 0.394. The molecule has 6 nitrogen and oxygen atoms in total. The van der Waals surface area contributed by atoms with Crippen LogP contribution in [0.5, 0.6) is 0 Å². The van der Waals surface area contributed by atoms with E-state index in [1.165, 1.54) is 17.4 Å². The van der Waals surface area contributed by atoms with Crippen molar-refractivity contribution in [2.45, 2.75) is 25.6 Å². The van der Waals surface area contributed by atoms with E-state index < -0.39 is 11.7 Å². The molecule has 2 N–H and O–H groups in total. The summed E-state index contributed by atoms with van der Waals surface area (Å²) in [4.78, 5) is 15.8. The van der Waals surface area contributed by atoms with E-state index in [1.807, 2.05) is 28.5 Å². The van der Waals surface area contributed by atoms with Crippen LogP contribution in [0.4, 0.5) is 24.1 Å². The van der Waals surface area contributed by atoms with Crippen molar-refractivity contribution in [2.75, 3.05) is 29.9 Å². The fourth-order valence-electron chi connectivity index (χ4n) is 3.84. The first-order valence-electron chi connectivity index (χ1n) is 10.4. The van der Waals surface area contributed by atoms with Gasteiger partial charge in [-0.1, -0.05) is 12.1 Å². The number of aromatic nitrogens is 2. The number of hydrogen-bond acceptors (Lipinski definition) is 7. The molecule has 0 radical (unpaired) electrons. The first-order valence-corrected chi connectivity index (χ1v) is 11.3. The van der Waals surface area contributed by atoms with Crippen molar-refractivity contribution < 1.29 is 13.2 Å².